The van der Waals surface area contributed by atoms with Crippen LogP contribution in [0, 0.1) is 46.3 Å². The van der Waals surface area contributed by atoms with E-state index in [9.17, 15) is 24.3 Å². The van der Waals surface area contributed by atoms with Crippen molar-refractivity contribution in [1.29, 1.82) is 0 Å². The lowest BCUT2D eigenvalue weighted by molar-refractivity contribution is -0.167. The van der Waals surface area contributed by atoms with Gasteiger partial charge in [0.15, 0.2) is 0 Å². The highest BCUT2D eigenvalue weighted by atomic mass is 16.5. The van der Waals surface area contributed by atoms with Crippen LogP contribution < -0.4 is 16.8 Å². The predicted molar refractivity (Wildman–Crippen MR) is 152 cm³/mol. The van der Waals surface area contributed by atoms with Crippen LogP contribution in [-0.2, 0) is 23.9 Å². The number of carboxylic acids is 2. The van der Waals surface area contributed by atoms with E-state index in [0.717, 1.165) is 50.0 Å². The Labute approximate surface area is 243 Å². The first-order chi connectivity index (χ1) is 19.3. The second-order valence-electron chi connectivity index (χ2n) is 14.1. The van der Waals surface area contributed by atoms with Crippen LogP contribution in [0.3, 0.4) is 0 Å². The van der Waals surface area contributed by atoms with Gasteiger partial charge in [0, 0.05) is 0 Å². The van der Waals surface area contributed by atoms with Crippen LogP contribution in [0.2, 0.25) is 0 Å². The number of hydrogen-bond acceptors (Lipinski definition) is 7. The SMILES string of the molecule is C[C@H](CCN)C1CCC2C3CC[C@@H]4CC(OC(=O)[C@H](CC(=O)O)NC(=O)C(N)CC(=O)O)CCC4(C)[C@H]3CCC21C. The van der Waals surface area contributed by atoms with E-state index in [1.54, 1.807) is 0 Å². The van der Waals surface area contributed by atoms with Crippen molar-refractivity contribution in [2.45, 2.75) is 116 Å². The van der Waals surface area contributed by atoms with Gasteiger partial charge in [0.25, 0.3) is 0 Å². The van der Waals surface area contributed by atoms with Crippen molar-refractivity contribution in [3.8, 4) is 0 Å². The molecule has 0 spiro atoms. The lowest BCUT2D eigenvalue weighted by Gasteiger charge is -2.61. The fraction of sp³-hybridized carbons (Fsp3) is 0.871. The number of amides is 1. The number of hydrogen-bond donors (Lipinski definition) is 5. The van der Waals surface area contributed by atoms with Gasteiger partial charge >= 0.3 is 17.9 Å². The second-order valence-corrected chi connectivity index (χ2v) is 14.1. The Hall–Kier alpha value is -2.20. The molecule has 0 aromatic rings. The Morgan fingerprint density at radius 2 is 1.59 bits per heavy atom. The highest BCUT2D eigenvalue weighted by molar-refractivity contribution is 5.91. The average molecular weight is 578 g/mol. The molecule has 0 radical (unpaired) electrons. The number of nitrogens with two attached hydrogens (primary N) is 2. The summed E-state index contributed by atoms with van der Waals surface area (Å²) in [4.78, 5) is 47.6. The molecule has 0 bridgehead atoms. The standard InChI is InChI=1S/C31H51N3O7/c1-17(10-13-32)21-6-7-22-20-5-4-18-14-19(8-11-30(18,2)23(20)9-12-31(21,22)3)41-29(40)25(16-27(37)38)34-28(39)24(33)15-26(35)36/h17-25H,4-16,32-33H2,1-3H3,(H,34,39)(H,35,36)(H,37,38)/t17-,18-,19?,20?,21?,22?,23+,24?,25+,30?,31?/m1/s1. The molecule has 11 atom stereocenters. The minimum absolute atomic E-state index is 0.201. The summed E-state index contributed by atoms with van der Waals surface area (Å²) in [5.74, 6) is -0.169. The third kappa shape index (κ3) is 6.43. The van der Waals surface area contributed by atoms with Crippen LogP contribution in [0.4, 0.5) is 0 Å². The van der Waals surface area contributed by atoms with Gasteiger partial charge < -0.3 is 31.7 Å². The molecule has 0 aromatic carbocycles. The predicted octanol–water partition coefficient (Wildman–Crippen LogP) is 3.30. The smallest absolute Gasteiger partial charge is 0.329 e. The van der Waals surface area contributed by atoms with Crippen LogP contribution in [0.15, 0.2) is 0 Å². The number of ether oxygens (including phenoxy) is 1. The van der Waals surface area contributed by atoms with Crippen molar-refractivity contribution in [3.05, 3.63) is 0 Å². The van der Waals surface area contributed by atoms with E-state index in [2.05, 4.69) is 26.1 Å². The van der Waals surface area contributed by atoms with Crippen LogP contribution in [0.5, 0.6) is 0 Å². The third-order valence-corrected chi connectivity index (χ3v) is 12.0. The molecular weight excluding hydrogens is 526 g/mol. The Kier molecular flexibility index (Phi) is 9.73. The first-order valence-electron chi connectivity index (χ1n) is 15.7. The van der Waals surface area contributed by atoms with E-state index in [-0.39, 0.29) is 11.5 Å². The van der Waals surface area contributed by atoms with E-state index in [4.69, 9.17) is 21.3 Å². The molecule has 10 heteroatoms. The monoisotopic (exact) mass is 577 g/mol. The largest absolute Gasteiger partial charge is 0.481 e. The molecule has 7 N–H and O–H groups in total. The van der Waals surface area contributed by atoms with Gasteiger partial charge in [-0.15, -0.1) is 0 Å². The minimum atomic E-state index is -1.42. The number of carboxylic acid groups (broad SMARTS) is 2. The summed E-state index contributed by atoms with van der Waals surface area (Å²) in [6, 6.07) is -2.81. The molecule has 0 aromatic heterocycles. The van der Waals surface area contributed by atoms with Gasteiger partial charge in [-0.25, -0.2) is 4.79 Å². The van der Waals surface area contributed by atoms with Crippen LogP contribution in [0.1, 0.15) is 97.8 Å². The van der Waals surface area contributed by atoms with Crippen molar-refractivity contribution in [2.75, 3.05) is 6.54 Å². The molecule has 4 aliphatic carbocycles. The summed E-state index contributed by atoms with van der Waals surface area (Å²) in [6.45, 7) is 8.17. The van der Waals surface area contributed by atoms with Crippen molar-refractivity contribution in [1.82, 2.24) is 5.32 Å². The summed E-state index contributed by atoms with van der Waals surface area (Å²) < 4.78 is 5.81. The highest BCUT2D eigenvalue weighted by Crippen LogP contribution is 2.68. The zero-order valence-corrected chi connectivity index (χ0v) is 25.0. The molecule has 0 heterocycles. The molecule has 4 aliphatic rings. The number of aliphatic carboxylic acids is 2. The molecule has 0 aliphatic heterocycles. The number of carbonyl (C=O) groups excluding carboxylic acids is 2. The van der Waals surface area contributed by atoms with Gasteiger partial charge in [-0.2, -0.15) is 0 Å². The molecule has 41 heavy (non-hydrogen) atoms. The fourth-order valence-electron chi connectivity index (χ4n) is 9.94. The van der Waals surface area contributed by atoms with E-state index in [1.165, 1.54) is 32.1 Å². The Morgan fingerprint density at radius 1 is 0.927 bits per heavy atom. The number of rotatable bonds is 11. The molecule has 7 unspecified atom stereocenters. The Morgan fingerprint density at radius 3 is 2.24 bits per heavy atom. The highest BCUT2D eigenvalue weighted by Gasteiger charge is 2.60. The van der Waals surface area contributed by atoms with Crippen LogP contribution in [0.25, 0.3) is 0 Å². The van der Waals surface area contributed by atoms with Crippen molar-refractivity contribution in [2.24, 2.45) is 57.8 Å². The maximum absolute atomic E-state index is 13.0. The molecule has 232 valence electrons. The summed E-state index contributed by atoms with van der Waals surface area (Å²) in [5.41, 5.74) is 12.1. The summed E-state index contributed by atoms with van der Waals surface area (Å²) in [7, 11) is 0. The number of nitrogens with one attached hydrogen (secondary N) is 1. The first-order valence-corrected chi connectivity index (χ1v) is 15.7. The van der Waals surface area contributed by atoms with E-state index in [0.29, 0.717) is 29.6 Å². The Balaban J connectivity index is 1.38. The van der Waals surface area contributed by atoms with Crippen molar-refractivity contribution >= 4 is 23.8 Å². The molecule has 10 nitrogen and oxygen atoms in total. The maximum atomic E-state index is 13.0. The molecular formula is C31H51N3O7. The number of carbonyl (C=O) groups is 4. The lowest BCUT2D eigenvalue weighted by Crippen LogP contribution is -2.55. The second kappa shape index (κ2) is 12.6. The lowest BCUT2D eigenvalue weighted by atomic mass is 9.44. The molecule has 4 saturated carbocycles. The van der Waals surface area contributed by atoms with E-state index < -0.39 is 48.7 Å². The van der Waals surface area contributed by atoms with E-state index >= 15 is 0 Å². The third-order valence-electron chi connectivity index (χ3n) is 12.0. The summed E-state index contributed by atoms with van der Waals surface area (Å²) in [6.07, 6.45) is 9.41. The normalized spacial score (nSPS) is 38.4. The van der Waals surface area contributed by atoms with Crippen LogP contribution >= 0.6 is 0 Å². The summed E-state index contributed by atoms with van der Waals surface area (Å²) >= 11 is 0. The quantitative estimate of drug-likeness (QED) is 0.230. The van der Waals surface area contributed by atoms with Gasteiger partial charge in [-0.1, -0.05) is 20.8 Å². The summed E-state index contributed by atoms with van der Waals surface area (Å²) in [5, 5.41) is 20.5. The zero-order valence-electron chi connectivity index (χ0n) is 25.0. The number of fused-ring (bicyclic) bond motifs is 5. The van der Waals surface area contributed by atoms with E-state index in [1.807, 2.05) is 0 Å². The maximum Gasteiger partial charge on any atom is 0.329 e. The number of esters is 1. The van der Waals surface area contributed by atoms with Gasteiger partial charge in [0.2, 0.25) is 5.91 Å². The first kappa shape index (κ1) is 31.7. The molecule has 0 saturated heterocycles. The fourth-order valence-corrected chi connectivity index (χ4v) is 9.94. The van der Waals surface area contributed by atoms with Gasteiger partial charge in [-0.05, 0) is 117 Å². The topological polar surface area (TPSA) is 182 Å². The zero-order chi connectivity index (χ0) is 30.1. The average Bonchev–Trinajstić information content (AvgIpc) is 3.25. The van der Waals surface area contributed by atoms with Gasteiger partial charge in [0.05, 0.1) is 18.9 Å². The molecule has 4 fully saturated rings. The molecule has 1 amide bonds. The van der Waals surface area contributed by atoms with Crippen molar-refractivity contribution in [3.63, 3.8) is 0 Å². The van der Waals surface area contributed by atoms with Gasteiger partial charge in [0.1, 0.15) is 12.1 Å². The Bertz CT molecular complexity index is 1010. The van der Waals surface area contributed by atoms with Crippen molar-refractivity contribution < 1.29 is 34.1 Å². The van der Waals surface area contributed by atoms with Gasteiger partial charge in [-0.3, -0.25) is 14.4 Å². The van der Waals surface area contributed by atoms with Crippen LogP contribution in [-0.4, -0.2) is 58.8 Å². The molecule has 4 rings (SSSR count). The minimum Gasteiger partial charge on any atom is -0.481 e.